The summed E-state index contributed by atoms with van der Waals surface area (Å²) >= 11 is 0. The standard InChI is InChI=1S/C20H27NO/c1-3-5-9-16(4-2)15-21-20(22)14-18-12-8-11-17-10-6-7-13-19(17)18/h6-8,10-13,16H,3-5,9,14-15H2,1-2H3,(H,21,22). The topological polar surface area (TPSA) is 29.1 Å². The van der Waals surface area contributed by atoms with Crippen LogP contribution in [0, 0.1) is 5.92 Å². The number of benzene rings is 2. The first-order chi connectivity index (χ1) is 10.7. The van der Waals surface area contributed by atoms with Crippen molar-refractivity contribution >= 4 is 16.7 Å². The number of amides is 1. The summed E-state index contributed by atoms with van der Waals surface area (Å²) in [5.41, 5.74) is 1.11. The van der Waals surface area contributed by atoms with E-state index in [-0.39, 0.29) is 5.91 Å². The number of rotatable bonds is 8. The zero-order valence-electron chi connectivity index (χ0n) is 13.8. The SMILES string of the molecule is CCCCC(CC)CNC(=O)Cc1cccc2ccccc12. The molecule has 0 spiro atoms. The molecule has 0 heterocycles. The van der Waals surface area contributed by atoms with Crippen LogP contribution in [0.5, 0.6) is 0 Å². The Labute approximate surface area is 133 Å². The maximum absolute atomic E-state index is 12.2. The maximum Gasteiger partial charge on any atom is 0.224 e. The van der Waals surface area contributed by atoms with Gasteiger partial charge in [-0.25, -0.2) is 0 Å². The quantitative estimate of drug-likeness (QED) is 0.751. The first-order valence-corrected chi connectivity index (χ1v) is 8.48. The molecular weight excluding hydrogens is 270 g/mol. The van der Waals surface area contributed by atoms with Gasteiger partial charge in [-0.15, -0.1) is 0 Å². The Kier molecular flexibility index (Phi) is 6.45. The van der Waals surface area contributed by atoms with Crippen LogP contribution in [0.1, 0.15) is 45.1 Å². The van der Waals surface area contributed by atoms with Crippen molar-refractivity contribution in [2.24, 2.45) is 5.92 Å². The summed E-state index contributed by atoms with van der Waals surface area (Å²) in [6.07, 6.45) is 5.28. The lowest BCUT2D eigenvalue weighted by Gasteiger charge is -2.15. The molecule has 0 radical (unpaired) electrons. The lowest BCUT2D eigenvalue weighted by Crippen LogP contribution is -2.30. The van der Waals surface area contributed by atoms with Crippen molar-refractivity contribution in [2.75, 3.05) is 6.54 Å². The Morgan fingerprint density at radius 3 is 2.64 bits per heavy atom. The van der Waals surface area contributed by atoms with Crippen molar-refractivity contribution in [2.45, 2.75) is 46.0 Å². The van der Waals surface area contributed by atoms with E-state index in [1.54, 1.807) is 0 Å². The van der Waals surface area contributed by atoms with Gasteiger partial charge in [-0.3, -0.25) is 4.79 Å². The average Bonchev–Trinajstić information content (AvgIpc) is 2.55. The number of carbonyl (C=O) groups excluding carboxylic acids is 1. The maximum atomic E-state index is 12.2. The molecule has 0 aliphatic rings. The third kappa shape index (κ3) is 4.59. The predicted octanol–water partition coefficient (Wildman–Crippen LogP) is 4.71. The Hall–Kier alpha value is -1.83. The summed E-state index contributed by atoms with van der Waals surface area (Å²) in [4.78, 5) is 12.2. The van der Waals surface area contributed by atoms with E-state index in [2.05, 4.69) is 43.4 Å². The molecule has 118 valence electrons. The van der Waals surface area contributed by atoms with Crippen LogP contribution in [0.3, 0.4) is 0 Å². The molecule has 0 aliphatic heterocycles. The van der Waals surface area contributed by atoms with Crippen molar-refractivity contribution in [3.8, 4) is 0 Å². The van der Waals surface area contributed by atoms with Crippen molar-refractivity contribution in [3.05, 3.63) is 48.0 Å². The summed E-state index contributed by atoms with van der Waals surface area (Å²) in [6, 6.07) is 14.4. The van der Waals surface area contributed by atoms with Gasteiger partial charge in [0.05, 0.1) is 6.42 Å². The van der Waals surface area contributed by atoms with Gasteiger partial charge >= 0.3 is 0 Å². The Bertz CT molecular complexity index is 600. The Balaban J connectivity index is 1.93. The fourth-order valence-electron chi connectivity index (χ4n) is 2.88. The first-order valence-electron chi connectivity index (χ1n) is 8.48. The highest BCUT2D eigenvalue weighted by atomic mass is 16.1. The lowest BCUT2D eigenvalue weighted by atomic mass is 9.99. The van der Waals surface area contributed by atoms with Crippen molar-refractivity contribution in [1.82, 2.24) is 5.32 Å². The molecule has 0 aromatic heterocycles. The molecule has 2 rings (SSSR count). The van der Waals surface area contributed by atoms with Gasteiger partial charge in [0.15, 0.2) is 0 Å². The van der Waals surface area contributed by atoms with Crippen LogP contribution in [0.4, 0.5) is 0 Å². The number of carbonyl (C=O) groups is 1. The van der Waals surface area contributed by atoms with E-state index in [4.69, 9.17) is 0 Å². The van der Waals surface area contributed by atoms with Crippen LogP contribution in [-0.4, -0.2) is 12.5 Å². The van der Waals surface area contributed by atoms with E-state index in [0.29, 0.717) is 12.3 Å². The molecule has 2 nitrogen and oxygen atoms in total. The smallest absolute Gasteiger partial charge is 0.224 e. The van der Waals surface area contributed by atoms with Crippen molar-refractivity contribution in [1.29, 1.82) is 0 Å². The van der Waals surface area contributed by atoms with Gasteiger partial charge in [-0.05, 0) is 28.7 Å². The molecule has 22 heavy (non-hydrogen) atoms. The summed E-state index contributed by atoms with van der Waals surface area (Å²) in [7, 11) is 0. The second-order valence-corrected chi connectivity index (χ2v) is 6.04. The third-order valence-corrected chi connectivity index (χ3v) is 4.36. The second kappa shape index (κ2) is 8.57. The number of fused-ring (bicyclic) bond motifs is 1. The highest BCUT2D eigenvalue weighted by Crippen LogP contribution is 2.19. The predicted molar refractivity (Wildman–Crippen MR) is 94.0 cm³/mol. The summed E-state index contributed by atoms with van der Waals surface area (Å²) in [5.74, 6) is 0.739. The molecule has 0 fully saturated rings. The van der Waals surface area contributed by atoms with Crippen LogP contribution in [0.15, 0.2) is 42.5 Å². The molecule has 2 heteroatoms. The summed E-state index contributed by atoms with van der Waals surface area (Å²) < 4.78 is 0. The lowest BCUT2D eigenvalue weighted by molar-refractivity contribution is -0.120. The summed E-state index contributed by atoms with van der Waals surface area (Å²) in [5, 5.41) is 5.49. The normalized spacial score (nSPS) is 12.3. The van der Waals surface area contributed by atoms with E-state index in [1.165, 1.54) is 30.0 Å². The van der Waals surface area contributed by atoms with Gasteiger partial charge < -0.3 is 5.32 Å². The van der Waals surface area contributed by atoms with Crippen molar-refractivity contribution < 1.29 is 4.79 Å². The van der Waals surface area contributed by atoms with Gasteiger partial charge in [-0.2, -0.15) is 0 Å². The molecule has 2 aromatic carbocycles. The van der Waals surface area contributed by atoms with E-state index in [1.807, 2.05) is 18.2 Å². The van der Waals surface area contributed by atoms with Gasteiger partial charge in [0, 0.05) is 6.54 Å². The molecule has 1 amide bonds. The van der Waals surface area contributed by atoms with E-state index in [0.717, 1.165) is 18.5 Å². The Morgan fingerprint density at radius 2 is 1.86 bits per heavy atom. The van der Waals surface area contributed by atoms with Crippen LogP contribution in [0.2, 0.25) is 0 Å². The fraction of sp³-hybridized carbons (Fsp3) is 0.450. The van der Waals surface area contributed by atoms with Crippen LogP contribution < -0.4 is 5.32 Å². The molecule has 1 unspecified atom stereocenters. The molecular formula is C20H27NO. The molecule has 0 saturated carbocycles. The van der Waals surface area contributed by atoms with E-state index < -0.39 is 0 Å². The minimum Gasteiger partial charge on any atom is -0.356 e. The highest BCUT2D eigenvalue weighted by Gasteiger charge is 2.10. The zero-order valence-corrected chi connectivity index (χ0v) is 13.8. The molecule has 0 aliphatic carbocycles. The largest absolute Gasteiger partial charge is 0.356 e. The van der Waals surface area contributed by atoms with Crippen LogP contribution in [-0.2, 0) is 11.2 Å². The van der Waals surface area contributed by atoms with E-state index in [9.17, 15) is 4.79 Å². The molecule has 1 N–H and O–H groups in total. The molecule has 1 atom stereocenters. The van der Waals surface area contributed by atoms with Gasteiger partial charge in [-0.1, -0.05) is 75.6 Å². The number of hydrogen-bond donors (Lipinski definition) is 1. The number of nitrogens with one attached hydrogen (secondary N) is 1. The van der Waals surface area contributed by atoms with Crippen molar-refractivity contribution in [3.63, 3.8) is 0 Å². The average molecular weight is 297 g/mol. The molecule has 0 saturated heterocycles. The molecule has 2 aromatic rings. The number of unbranched alkanes of at least 4 members (excludes halogenated alkanes) is 1. The number of hydrogen-bond acceptors (Lipinski definition) is 1. The second-order valence-electron chi connectivity index (χ2n) is 6.04. The van der Waals surface area contributed by atoms with Crippen LogP contribution >= 0.6 is 0 Å². The molecule has 0 bridgehead atoms. The van der Waals surface area contributed by atoms with E-state index >= 15 is 0 Å². The van der Waals surface area contributed by atoms with Crippen LogP contribution in [0.25, 0.3) is 10.8 Å². The fourth-order valence-corrected chi connectivity index (χ4v) is 2.88. The Morgan fingerprint density at radius 1 is 1.09 bits per heavy atom. The monoisotopic (exact) mass is 297 g/mol. The summed E-state index contributed by atoms with van der Waals surface area (Å²) in [6.45, 7) is 5.23. The minimum atomic E-state index is 0.131. The third-order valence-electron chi connectivity index (χ3n) is 4.36. The van der Waals surface area contributed by atoms with Gasteiger partial charge in [0.25, 0.3) is 0 Å². The first kappa shape index (κ1) is 16.5. The minimum absolute atomic E-state index is 0.131. The highest BCUT2D eigenvalue weighted by molar-refractivity contribution is 5.90. The zero-order chi connectivity index (χ0) is 15.8. The van der Waals surface area contributed by atoms with Gasteiger partial charge in [0.1, 0.15) is 0 Å². The van der Waals surface area contributed by atoms with Gasteiger partial charge in [0.2, 0.25) is 5.91 Å².